The first-order valence-corrected chi connectivity index (χ1v) is 2.36. The Bertz CT molecular complexity index is 53.6. The minimum Gasteiger partial charge on any atom is -0.362 e. The van der Waals surface area contributed by atoms with Gasteiger partial charge in [-0.25, -0.2) is 4.39 Å². The summed E-state index contributed by atoms with van der Waals surface area (Å²) in [5, 5.41) is 8.43. The lowest BCUT2D eigenvalue weighted by Crippen LogP contribution is -2.23. The van der Waals surface area contributed by atoms with E-state index in [1.54, 1.807) is 13.8 Å². The molecule has 0 aromatic heterocycles. The Kier molecular flexibility index (Phi) is 1.75. The Morgan fingerprint density at radius 1 is 1.57 bits per heavy atom. The second-order valence-corrected chi connectivity index (χ2v) is 2.18. The fourth-order valence-corrected chi connectivity index (χ4v) is 0. The zero-order valence-corrected chi connectivity index (χ0v) is 4.90. The highest BCUT2D eigenvalue weighted by Gasteiger charge is 2.22. The average Bonchev–Trinajstić information content (AvgIpc) is 1.31. The number of hydrogen-bond donors (Lipinski definition) is 1. The van der Waals surface area contributed by atoms with Gasteiger partial charge in [0, 0.05) is 5.92 Å². The molecule has 0 unspecified atom stereocenters. The molecule has 0 fully saturated rings. The SMILES string of the molecule is CC(C)[C@](C)(O)F. The number of rotatable bonds is 1. The van der Waals surface area contributed by atoms with Gasteiger partial charge in [0.05, 0.1) is 0 Å². The van der Waals surface area contributed by atoms with Gasteiger partial charge in [-0.1, -0.05) is 13.8 Å². The minimum absolute atomic E-state index is 0.313. The second-order valence-electron chi connectivity index (χ2n) is 2.18. The molecule has 0 spiro atoms. The highest BCUT2D eigenvalue weighted by atomic mass is 19.2. The van der Waals surface area contributed by atoms with Gasteiger partial charge in [-0.3, -0.25) is 0 Å². The van der Waals surface area contributed by atoms with Crippen molar-refractivity contribution >= 4 is 0 Å². The molecule has 0 amide bonds. The predicted octanol–water partition coefficient (Wildman–Crippen LogP) is 1.32. The molecule has 7 heavy (non-hydrogen) atoms. The van der Waals surface area contributed by atoms with E-state index in [-0.39, 0.29) is 5.92 Å². The molecule has 1 atom stereocenters. The van der Waals surface area contributed by atoms with Gasteiger partial charge in [0.1, 0.15) is 0 Å². The van der Waals surface area contributed by atoms with E-state index in [9.17, 15) is 4.39 Å². The predicted molar refractivity (Wildman–Crippen MR) is 26.6 cm³/mol. The van der Waals surface area contributed by atoms with Crippen LogP contribution in [0.15, 0.2) is 0 Å². The number of halogens is 1. The van der Waals surface area contributed by atoms with Crippen molar-refractivity contribution in [1.29, 1.82) is 0 Å². The van der Waals surface area contributed by atoms with E-state index in [0.29, 0.717) is 0 Å². The molecule has 1 nitrogen and oxygen atoms in total. The summed E-state index contributed by atoms with van der Waals surface area (Å²) in [4.78, 5) is 0. The maximum Gasteiger partial charge on any atom is 0.206 e. The first-order chi connectivity index (χ1) is 2.94. The summed E-state index contributed by atoms with van der Waals surface area (Å²) in [5.74, 6) is -2.31. The first-order valence-electron chi connectivity index (χ1n) is 2.36. The van der Waals surface area contributed by atoms with Crippen LogP contribution in [0.3, 0.4) is 0 Å². The van der Waals surface area contributed by atoms with Gasteiger partial charge in [0.2, 0.25) is 5.85 Å². The smallest absolute Gasteiger partial charge is 0.206 e. The molecule has 1 N–H and O–H groups in total. The van der Waals surface area contributed by atoms with Crippen LogP contribution >= 0.6 is 0 Å². The van der Waals surface area contributed by atoms with E-state index in [4.69, 9.17) is 5.11 Å². The van der Waals surface area contributed by atoms with Crippen molar-refractivity contribution in [3.8, 4) is 0 Å². The van der Waals surface area contributed by atoms with E-state index in [0.717, 1.165) is 6.92 Å². The van der Waals surface area contributed by atoms with Crippen LogP contribution in [0, 0.1) is 5.92 Å². The fourth-order valence-electron chi connectivity index (χ4n) is 0. The standard InChI is InChI=1S/C5H11FO/c1-4(2)5(3,6)7/h4,7H,1-3H3/t5-/m0/s1. The van der Waals surface area contributed by atoms with Crippen molar-refractivity contribution in [3.05, 3.63) is 0 Å². The van der Waals surface area contributed by atoms with Crippen LogP contribution in [0.25, 0.3) is 0 Å². The molecule has 0 aliphatic heterocycles. The molecule has 0 rings (SSSR count). The minimum atomic E-state index is -2.00. The summed E-state index contributed by atoms with van der Waals surface area (Å²) in [6.07, 6.45) is 0. The quantitative estimate of drug-likeness (QED) is 0.534. The van der Waals surface area contributed by atoms with Crippen molar-refractivity contribution < 1.29 is 9.50 Å². The van der Waals surface area contributed by atoms with Gasteiger partial charge in [-0.05, 0) is 6.92 Å². The second kappa shape index (κ2) is 1.78. The zero-order chi connectivity index (χ0) is 6.08. The zero-order valence-electron chi connectivity index (χ0n) is 4.90. The molecule has 0 bridgehead atoms. The van der Waals surface area contributed by atoms with Gasteiger partial charge in [-0.2, -0.15) is 0 Å². The summed E-state index contributed by atoms with van der Waals surface area (Å²) >= 11 is 0. The molecule has 0 saturated carbocycles. The Balaban J connectivity index is 3.54. The first kappa shape index (κ1) is 6.89. The van der Waals surface area contributed by atoms with Gasteiger partial charge >= 0.3 is 0 Å². The maximum absolute atomic E-state index is 12.1. The van der Waals surface area contributed by atoms with E-state index in [1.807, 2.05) is 0 Å². The van der Waals surface area contributed by atoms with Crippen molar-refractivity contribution in [2.24, 2.45) is 5.92 Å². The Morgan fingerprint density at radius 3 is 1.71 bits per heavy atom. The molecule has 2 heteroatoms. The van der Waals surface area contributed by atoms with Crippen LogP contribution in [0.1, 0.15) is 20.8 Å². The largest absolute Gasteiger partial charge is 0.362 e. The number of aliphatic hydroxyl groups is 1. The lowest BCUT2D eigenvalue weighted by atomic mass is 10.1. The summed E-state index contributed by atoms with van der Waals surface area (Å²) in [7, 11) is 0. The van der Waals surface area contributed by atoms with Gasteiger partial charge in [-0.15, -0.1) is 0 Å². The van der Waals surface area contributed by atoms with Crippen LogP contribution in [-0.4, -0.2) is 11.0 Å². The highest BCUT2D eigenvalue weighted by molar-refractivity contribution is 4.60. The van der Waals surface area contributed by atoms with Gasteiger partial charge in [0.25, 0.3) is 0 Å². The Hall–Kier alpha value is -0.110. The van der Waals surface area contributed by atoms with E-state index in [1.165, 1.54) is 0 Å². The normalized spacial score (nSPS) is 19.7. The number of hydrogen-bond acceptors (Lipinski definition) is 1. The molecule has 0 aliphatic carbocycles. The molecule has 44 valence electrons. The molecule has 0 aliphatic rings. The van der Waals surface area contributed by atoms with Crippen LogP contribution in [-0.2, 0) is 0 Å². The van der Waals surface area contributed by atoms with E-state index < -0.39 is 5.85 Å². The highest BCUT2D eigenvalue weighted by Crippen LogP contribution is 2.15. The topological polar surface area (TPSA) is 20.2 Å². The third kappa shape index (κ3) is 2.57. The molecular weight excluding hydrogens is 95.1 g/mol. The summed E-state index contributed by atoms with van der Waals surface area (Å²) < 4.78 is 12.1. The third-order valence-electron chi connectivity index (χ3n) is 1.05. The van der Waals surface area contributed by atoms with Crippen LogP contribution < -0.4 is 0 Å². The van der Waals surface area contributed by atoms with E-state index >= 15 is 0 Å². The van der Waals surface area contributed by atoms with Gasteiger partial charge < -0.3 is 5.11 Å². The number of alkyl halides is 1. The summed E-state index contributed by atoms with van der Waals surface area (Å²) in [5.41, 5.74) is 0. The molecular formula is C5H11FO. The lowest BCUT2D eigenvalue weighted by molar-refractivity contribution is -0.107. The Labute approximate surface area is 43.2 Å². The third-order valence-corrected chi connectivity index (χ3v) is 1.05. The van der Waals surface area contributed by atoms with Crippen molar-refractivity contribution in [1.82, 2.24) is 0 Å². The monoisotopic (exact) mass is 106 g/mol. The van der Waals surface area contributed by atoms with Crippen LogP contribution in [0.4, 0.5) is 4.39 Å². The van der Waals surface area contributed by atoms with Crippen LogP contribution in [0.5, 0.6) is 0 Å². The molecule has 0 saturated heterocycles. The molecule has 0 aromatic rings. The average molecular weight is 106 g/mol. The van der Waals surface area contributed by atoms with Crippen molar-refractivity contribution in [2.45, 2.75) is 26.6 Å². The maximum atomic E-state index is 12.1. The van der Waals surface area contributed by atoms with Gasteiger partial charge in [0.15, 0.2) is 0 Å². The summed E-state index contributed by atoms with van der Waals surface area (Å²) in [6, 6.07) is 0. The molecule has 0 radical (unpaired) electrons. The van der Waals surface area contributed by atoms with Crippen LogP contribution in [0.2, 0.25) is 0 Å². The molecule has 0 heterocycles. The van der Waals surface area contributed by atoms with Crippen molar-refractivity contribution in [2.75, 3.05) is 0 Å². The summed E-state index contributed by atoms with van der Waals surface area (Å²) in [6.45, 7) is 4.40. The molecule has 0 aromatic carbocycles. The van der Waals surface area contributed by atoms with E-state index in [2.05, 4.69) is 0 Å². The fraction of sp³-hybridized carbons (Fsp3) is 1.00. The Morgan fingerprint density at radius 2 is 1.71 bits per heavy atom. The lowest BCUT2D eigenvalue weighted by Gasteiger charge is -2.15. The van der Waals surface area contributed by atoms with Crippen molar-refractivity contribution in [3.63, 3.8) is 0 Å².